The number of aliphatic imine (C=N–C) groups is 1. The Balaban J connectivity index is 1.76. The van der Waals surface area contributed by atoms with Crippen molar-refractivity contribution < 1.29 is 8.42 Å². The van der Waals surface area contributed by atoms with Crippen LogP contribution in [0.25, 0.3) is 0 Å². The van der Waals surface area contributed by atoms with Crippen molar-refractivity contribution >= 4 is 27.6 Å². The van der Waals surface area contributed by atoms with Crippen LogP contribution in [0, 0.1) is 0 Å². The highest BCUT2D eigenvalue weighted by molar-refractivity contribution is 7.89. The molecule has 7 nitrogen and oxygen atoms in total. The molecule has 27 heavy (non-hydrogen) atoms. The van der Waals surface area contributed by atoms with Gasteiger partial charge in [-0.2, -0.15) is 0 Å². The standard InChI is InChI=1S/C18H30ClN5O2S/c1-2-20-18(22-11-14-24-12-4-3-5-13-24)21-9-10-23-27(25,26)17-8-6-7-16(19)15-17/h6-8,15,23H,2-5,9-14H2,1H3,(H2,20,21,22). The number of piperidine rings is 1. The minimum atomic E-state index is -3.58. The molecule has 1 fully saturated rings. The lowest BCUT2D eigenvalue weighted by atomic mass is 10.1. The summed E-state index contributed by atoms with van der Waals surface area (Å²) in [5.74, 6) is 0.705. The lowest BCUT2D eigenvalue weighted by molar-refractivity contribution is 0.232. The van der Waals surface area contributed by atoms with Crippen LogP contribution in [0.4, 0.5) is 0 Å². The Morgan fingerprint density at radius 2 is 1.96 bits per heavy atom. The molecule has 1 aliphatic heterocycles. The Labute approximate surface area is 167 Å². The van der Waals surface area contributed by atoms with Gasteiger partial charge in [-0.1, -0.05) is 24.1 Å². The largest absolute Gasteiger partial charge is 0.357 e. The summed E-state index contributed by atoms with van der Waals surface area (Å²) < 4.78 is 27.0. The quantitative estimate of drug-likeness (QED) is 0.324. The Kier molecular flexibility index (Phi) is 9.33. The molecule has 152 valence electrons. The van der Waals surface area contributed by atoms with E-state index >= 15 is 0 Å². The van der Waals surface area contributed by atoms with Gasteiger partial charge in [-0.3, -0.25) is 4.99 Å². The minimum absolute atomic E-state index is 0.158. The summed E-state index contributed by atoms with van der Waals surface area (Å²) in [6.07, 6.45) is 3.89. The van der Waals surface area contributed by atoms with Crippen molar-refractivity contribution in [3.8, 4) is 0 Å². The van der Waals surface area contributed by atoms with Crippen LogP contribution >= 0.6 is 11.6 Å². The molecule has 0 aliphatic carbocycles. The second-order valence-corrected chi connectivity index (χ2v) is 8.65. The van der Waals surface area contributed by atoms with Crippen LogP contribution in [0.1, 0.15) is 26.2 Å². The fraction of sp³-hybridized carbons (Fsp3) is 0.611. The fourth-order valence-electron chi connectivity index (χ4n) is 2.92. The van der Waals surface area contributed by atoms with E-state index in [0.717, 1.165) is 19.6 Å². The number of nitrogens with zero attached hydrogens (tertiary/aromatic N) is 2. The van der Waals surface area contributed by atoms with Gasteiger partial charge < -0.3 is 15.5 Å². The summed E-state index contributed by atoms with van der Waals surface area (Å²) in [5.41, 5.74) is 0. The minimum Gasteiger partial charge on any atom is -0.357 e. The van der Waals surface area contributed by atoms with Gasteiger partial charge in [-0.25, -0.2) is 13.1 Å². The molecular formula is C18H30ClN5O2S. The van der Waals surface area contributed by atoms with E-state index in [9.17, 15) is 8.42 Å². The Bertz CT molecular complexity index is 705. The Hall–Kier alpha value is -1.35. The number of sulfonamides is 1. The summed E-state index contributed by atoms with van der Waals surface area (Å²) in [7, 11) is -3.58. The Morgan fingerprint density at radius 3 is 2.67 bits per heavy atom. The molecule has 0 spiro atoms. The predicted octanol–water partition coefficient (Wildman–Crippen LogP) is 1.66. The highest BCUT2D eigenvalue weighted by Gasteiger charge is 2.13. The molecule has 9 heteroatoms. The molecule has 0 aromatic heterocycles. The molecule has 1 aromatic rings. The van der Waals surface area contributed by atoms with Crippen molar-refractivity contribution in [3.63, 3.8) is 0 Å². The van der Waals surface area contributed by atoms with Crippen LogP contribution in [0.2, 0.25) is 5.02 Å². The van der Waals surface area contributed by atoms with Gasteiger partial charge in [-0.15, -0.1) is 0 Å². The van der Waals surface area contributed by atoms with Crippen LogP contribution < -0.4 is 15.4 Å². The predicted molar refractivity (Wildman–Crippen MR) is 111 cm³/mol. The third kappa shape index (κ3) is 8.04. The van der Waals surface area contributed by atoms with Crippen molar-refractivity contribution in [2.24, 2.45) is 4.99 Å². The van der Waals surface area contributed by atoms with Crippen LogP contribution in [-0.4, -0.2) is 65.1 Å². The third-order valence-electron chi connectivity index (χ3n) is 4.29. The number of halogens is 1. The molecular weight excluding hydrogens is 386 g/mol. The van der Waals surface area contributed by atoms with Gasteiger partial charge in [0.2, 0.25) is 10.0 Å². The molecule has 2 rings (SSSR count). The lowest BCUT2D eigenvalue weighted by Crippen LogP contribution is -2.43. The SMILES string of the molecule is CCNC(=NCCNS(=O)(=O)c1cccc(Cl)c1)NCCN1CCCCC1. The van der Waals surface area contributed by atoms with E-state index in [0.29, 0.717) is 17.5 Å². The van der Waals surface area contributed by atoms with E-state index in [4.69, 9.17) is 11.6 Å². The number of rotatable bonds is 9. The zero-order valence-corrected chi connectivity index (χ0v) is 17.5. The highest BCUT2D eigenvalue weighted by atomic mass is 35.5. The van der Waals surface area contributed by atoms with Crippen LogP contribution in [0.3, 0.4) is 0 Å². The van der Waals surface area contributed by atoms with Gasteiger partial charge in [0, 0.05) is 31.2 Å². The van der Waals surface area contributed by atoms with E-state index in [1.54, 1.807) is 12.1 Å². The first-order valence-electron chi connectivity index (χ1n) is 9.51. The number of nitrogens with one attached hydrogen (secondary N) is 3. The normalized spacial score (nSPS) is 16.3. The average Bonchev–Trinajstić information content (AvgIpc) is 2.66. The smallest absolute Gasteiger partial charge is 0.240 e. The zero-order valence-electron chi connectivity index (χ0n) is 15.9. The topological polar surface area (TPSA) is 85.8 Å². The van der Waals surface area contributed by atoms with E-state index < -0.39 is 10.0 Å². The first kappa shape index (κ1) is 21.9. The van der Waals surface area contributed by atoms with Gasteiger partial charge in [0.05, 0.1) is 11.4 Å². The molecule has 0 radical (unpaired) electrons. The van der Waals surface area contributed by atoms with Gasteiger partial charge in [0.1, 0.15) is 0 Å². The summed E-state index contributed by atoms with van der Waals surface area (Å²) in [5, 5.41) is 6.88. The van der Waals surface area contributed by atoms with Gasteiger partial charge >= 0.3 is 0 Å². The first-order chi connectivity index (χ1) is 13.0. The maximum atomic E-state index is 12.2. The highest BCUT2D eigenvalue weighted by Crippen LogP contribution is 2.14. The van der Waals surface area contributed by atoms with Gasteiger partial charge in [0.15, 0.2) is 5.96 Å². The van der Waals surface area contributed by atoms with Crippen LogP contribution in [-0.2, 0) is 10.0 Å². The lowest BCUT2D eigenvalue weighted by Gasteiger charge is -2.26. The maximum absolute atomic E-state index is 12.2. The molecule has 0 atom stereocenters. The fourth-order valence-corrected chi connectivity index (χ4v) is 4.24. The monoisotopic (exact) mass is 415 g/mol. The third-order valence-corrected chi connectivity index (χ3v) is 5.99. The summed E-state index contributed by atoms with van der Waals surface area (Å²) in [6, 6.07) is 6.21. The number of guanidine groups is 1. The maximum Gasteiger partial charge on any atom is 0.240 e. The molecule has 3 N–H and O–H groups in total. The van der Waals surface area contributed by atoms with Crippen LogP contribution in [0.5, 0.6) is 0 Å². The molecule has 0 unspecified atom stereocenters. The van der Waals surface area contributed by atoms with Gasteiger partial charge in [0.25, 0.3) is 0 Å². The number of hydrogen-bond acceptors (Lipinski definition) is 4. The molecule has 1 heterocycles. The van der Waals surface area contributed by atoms with E-state index in [-0.39, 0.29) is 11.4 Å². The molecule has 0 bridgehead atoms. The van der Waals surface area contributed by atoms with E-state index in [2.05, 4.69) is 25.2 Å². The number of benzene rings is 1. The van der Waals surface area contributed by atoms with Crippen molar-refractivity contribution in [2.45, 2.75) is 31.1 Å². The van der Waals surface area contributed by atoms with Crippen LogP contribution in [0.15, 0.2) is 34.2 Å². The van der Waals surface area contributed by atoms with Gasteiger partial charge in [-0.05, 0) is 51.1 Å². The molecule has 0 saturated carbocycles. The number of likely N-dealkylation sites (tertiary alicyclic amines) is 1. The second-order valence-electron chi connectivity index (χ2n) is 6.44. The first-order valence-corrected chi connectivity index (χ1v) is 11.4. The van der Waals surface area contributed by atoms with Crippen molar-refractivity contribution in [1.29, 1.82) is 0 Å². The second kappa shape index (κ2) is 11.5. The average molecular weight is 416 g/mol. The molecule has 1 aromatic carbocycles. The number of hydrogen-bond donors (Lipinski definition) is 3. The van der Waals surface area contributed by atoms with Crippen molar-refractivity contribution in [2.75, 3.05) is 45.8 Å². The molecule has 0 amide bonds. The Morgan fingerprint density at radius 1 is 1.19 bits per heavy atom. The summed E-state index contributed by atoms with van der Waals surface area (Å²) >= 11 is 5.86. The zero-order chi connectivity index (χ0) is 19.5. The molecule has 1 saturated heterocycles. The summed E-state index contributed by atoms with van der Waals surface area (Å²) in [6.45, 7) is 7.47. The molecule has 1 aliphatic rings. The summed E-state index contributed by atoms with van der Waals surface area (Å²) in [4.78, 5) is 7.05. The van der Waals surface area contributed by atoms with E-state index in [1.807, 2.05) is 6.92 Å². The van der Waals surface area contributed by atoms with Crippen molar-refractivity contribution in [3.05, 3.63) is 29.3 Å². The van der Waals surface area contributed by atoms with E-state index in [1.165, 1.54) is 44.5 Å². The van der Waals surface area contributed by atoms with Crippen molar-refractivity contribution in [1.82, 2.24) is 20.3 Å².